The van der Waals surface area contributed by atoms with Crippen LogP contribution in [0.2, 0.25) is 0 Å². The lowest BCUT2D eigenvalue weighted by Crippen LogP contribution is -2.47. The van der Waals surface area contributed by atoms with Crippen molar-refractivity contribution in [1.29, 1.82) is 0 Å². The molecule has 3 heteroatoms. The van der Waals surface area contributed by atoms with Gasteiger partial charge in [-0.3, -0.25) is 0 Å². The summed E-state index contributed by atoms with van der Waals surface area (Å²) in [6.07, 6.45) is 2.86. The molecule has 2 fully saturated rings. The van der Waals surface area contributed by atoms with E-state index in [-0.39, 0.29) is 6.10 Å². The van der Waals surface area contributed by atoms with Crippen molar-refractivity contribution in [2.75, 3.05) is 6.61 Å². The fourth-order valence-electron chi connectivity index (χ4n) is 1.89. The molecule has 68 valence electrons. The van der Waals surface area contributed by atoms with E-state index >= 15 is 0 Å². The van der Waals surface area contributed by atoms with Gasteiger partial charge in [-0.25, -0.2) is 0 Å². The van der Waals surface area contributed by atoms with Crippen LogP contribution in [0.1, 0.15) is 26.7 Å². The van der Waals surface area contributed by atoms with E-state index in [1.807, 2.05) is 13.8 Å². The lowest BCUT2D eigenvalue weighted by molar-refractivity contribution is -0.280. The molecule has 3 atom stereocenters. The van der Waals surface area contributed by atoms with Gasteiger partial charge in [-0.2, -0.15) is 0 Å². The molecule has 0 spiro atoms. The minimum absolute atomic E-state index is 0.0637. The molecule has 0 radical (unpaired) electrons. The van der Waals surface area contributed by atoms with Crippen LogP contribution in [0.15, 0.2) is 0 Å². The molecule has 2 rings (SSSR count). The smallest absolute Gasteiger partial charge is 0.166 e. The topological polar surface area (TPSA) is 35.5 Å². The van der Waals surface area contributed by atoms with Gasteiger partial charge in [0.1, 0.15) is 6.29 Å². The van der Waals surface area contributed by atoms with Gasteiger partial charge in [-0.05, 0) is 20.3 Å². The van der Waals surface area contributed by atoms with Crippen molar-refractivity contribution < 1.29 is 14.3 Å². The zero-order valence-electron chi connectivity index (χ0n) is 7.50. The molecule has 2 heterocycles. The minimum Gasteiger partial charge on any atom is -0.349 e. The predicted molar refractivity (Wildman–Crippen MR) is 42.6 cm³/mol. The van der Waals surface area contributed by atoms with Crippen molar-refractivity contribution in [1.82, 2.24) is 0 Å². The van der Waals surface area contributed by atoms with Gasteiger partial charge in [0.2, 0.25) is 0 Å². The second kappa shape index (κ2) is 2.30. The molecule has 2 bridgehead atoms. The Morgan fingerprint density at radius 1 is 1.50 bits per heavy atom. The van der Waals surface area contributed by atoms with Crippen LogP contribution >= 0.6 is 0 Å². The average Bonchev–Trinajstić information content (AvgIpc) is 2.40. The summed E-state index contributed by atoms with van der Waals surface area (Å²) in [6, 6.07) is 0. The van der Waals surface area contributed by atoms with Crippen molar-refractivity contribution >= 4 is 6.29 Å². The number of aldehydes is 1. The summed E-state index contributed by atoms with van der Waals surface area (Å²) in [5.41, 5.74) is -0.421. The van der Waals surface area contributed by atoms with Crippen molar-refractivity contribution in [3.63, 3.8) is 0 Å². The molecule has 0 aliphatic carbocycles. The monoisotopic (exact) mass is 170 g/mol. The molecule has 0 N–H and O–H groups in total. The lowest BCUT2D eigenvalue weighted by Gasteiger charge is -2.39. The van der Waals surface area contributed by atoms with Gasteiger partial charge in [-0.15, -0.1) is 0 Å². The van der Waals surface area contributed by atoms with E-state index in [1.165, 1.54) is 0 Å². The number of ether oxygens (including phenoxy) is 2. The fourth-order valence-corrected chi connectivity index (χ4v) is 1.89. The quantitative estimate of drug-likeness (QED) is 0.553. The first-order valence-electron chi connectivity index (χ1n) is 4.36. The van der Waals surface area contributed by atoms with E-state index in [1.54, 1.807) is 0 Å². The first kappa shape index (κ1) is 8.20. The first-order valence-corrected chi connectivity index (χ1v) is 4.36. The maximum atomic E-state index is 10.8. The van der Waals surface area contributed by atoms with Gasteiger partial charge in [0.25, 0.3) is 0 Å². The lowest BCUT2D eigenvalue weighted by atomic mass is 9.85. The van der Waals surface area contributed by atoms with Crippen LogP contribution < -0.4 is 0 Å². The number of rotatable bonds is 1. The first-order chi connectivity index (χ1) is 5.58. The van der Waals surface area contributed by atoms with Crippen molar-refractivity contribution in [2.45, 2.75) is 38.6 Å². The average molecular weight is 170 g/mol. The Kier molecular flexibility index (Phi) is 1.57. The number of hydrogen-bond acceptors (Lipinski definition) is 3. The number of hydrogen-bond donors (Lipinski definition) is 0. The zero-order chi connectivity index (χ0) is 8.82. The maximum absolute atomic E-state index is 10.8. The van der Waals surface area contributed by atoms with Gasteiger partial charge in [0.05, 0.1) is 18.1 Å². The second-order valence-corrected chi connectivity index (χ2v) is 4.19. The highest BCUT2D eigenvalue weighted by atomic mass is 16.7. The van der Waals surface area contributed by atoms with E-state index in [0.717, 1.165) is 19.1 Å². The van der Waals surface area contributed by atoms with Gasteiger partial charge in [0, 0.05) is 6.42 Å². The summed E-state index contributed by atoms with van der Waals surface area (Å²) in [4.78, 5) is 10.8. The predicted octanol–water partition coefficient (Wildman–Crippen LogP) is 1.12. The molecule has 0 amide bonds. The Bertz CT molecular complexity index is 216. The van der Waals surface area contributed by atoms with Crippen LogP contribution in [0.5, 0.6) is 0 Å². The van der Waals surface area contributed by atoms with Crippen LogP contribution in [0, 0.1) is 5.41 Å². The third kappa shape index (κ3) is 1.00. The highest BCUT2D eigenvalue weighted by Gasteiger charge is 2.51. The highest BCUT2D eigenvalue weighted by Crippen LogP contribution is 2.44. The van der Waals surface area contributed by atoms with E-state index < -0.39 is 11.2 Å². The van der Waals surface area contributed by atoms with E-state index in [0.29, 0.717) is 6.61 Å². The molecule has 0 aromatic rings. The molecule has 0 saturated carbocycles. The Labute approximate surface area is 72.0 Å². The van der Waals surface area contributed by atoms with Gasteiger partial charge in [-0.1, -0.05) is 0 Å². The van der Waals surface area contributed by atoms with Gasteiger partial charge < -0.3 is 14.3 Å². The molecule has 12 heavy (non-hydrogen) atoms. The van der Waals surface area contributed by atoms with Gasteiger partial charge in [0.15, 0.2) is 5.79 Å². The van der Waals surface area contributed by atoms with E-state index in [2.05, 4.69) is 0 Å². The number of carbonyl (C=O) groups excluding carboxylic acids is 1. The molecular formula is C9H14O3. The molecule has 3 nitrogen and oxygen atoms in total. The Hall–Kier alpha value is -0.410. The van der Waals surface area contributed by atoms with Crippen LogP contribution in [0.25, 0.3) is 0 Å². The summed E-state index contributed by atoms with van der Waals surface area (Å²) in [5.74, 6) is -0.410. The molecule has 2 aliphatic rings. The second-order valence-electron chi connectivity index (χ2n) is 4.19. The standard InChI is InChI=1S/C9H14O3/c1-8(5-10)6-11-9(2)4-3-7(8)12-9/h5,7H,3-4,6H2,1-2H3/t7-,8+,9+/m0/s1. The summed E-state index contributed by atoms with van der Waals surface area (Å²) < 4.78 is 11.1. The summed E-state index contributed by atoms with van der Waals surface area (Å²) in [5, 5.41) is 0. The Morgan fingerprint density at radius 2 is 2.25 bits per heavy atom. The summed E-state index contributed by atoms with van der Waals surface area (Å²) >= 11 is 0. The van der Waals surface area contributed by atoms with Crippen LogP contribution in [-0.2, 0) is 14.3 Å². The number of carbonyl (C=O) groups is 1. The van der Waals surface area contributed by atoms with Crippen LogP contribution in [0.4, 0.5) is 0 Å². The third-order valence-corrected chi connectivity index (χ3v) is 2.95. The summed E-state index contributed by atoms with van der Waals surface area (Å²) in [7, 11) is 0. The normalized spacial score (nSPS) is 52.3. The molecular weight excluding hydrogens is 156 g/mol. The zero-order valence-corrected chi connectivity index (χ0v) is 7.50. The van der Waals surface area contributed by atoms with Crippen LogP contribution in [0.3, 0.4) is 0 Å². The molecule has 0 unspecified atom stereocenters. The van der Waals surface area contributed by atoms with Crippen molar-refractivity contribution in [3.8, 4) is 0 Å². The maximum Gasteiger partial charge on any atom is 0.166 e. The van der Waals surface area contributed by atoms with E-state index in [9.17, 15) is 4.79 Å². The van der Waals surface area contributed by atoms with E-state index in [4.69, 9.17) is 9.47 Å². The Balaban J connectivity index is 2.21. The Morgan fingerprint density at radius 3 is 2.92 bits per heavy atom. The highest BCUT2D eigenvalue weighted by molar-refractivity contribution is 5.60. The van der Waals surface area contributed by atoms with Crippen molar-refractivity contribution in [2.24, 2.45) is 5.41 Å². The minimum atomic E-state index is -0.421. The fraction of sp³-hybridized carbons (Fsp3) is 0.889. The third-order valence-electron chi connectivity index (χ3n) is 2.95. The molecule has 0 aromatic heterocycles. The van der Waals surface area contributed by atoms with Crippen molar-refractivity contribution in [3.05, 3.63) is 0 Å². The van der Waals surface area contributed by atoms with Crippen LogP contribution in [-0.4, -0.2) is 24.8 Å². The largest absolute Gasteiger partial charge is 0.349 e. The molecule has 2 aliphatic heterocycles. The summed E-state index contributed by atoms with van der Waals surface area (Å²) in [6.45, 7) is 4.34. The SMILES string of the molecule is C[C@]12CC[C@H](O1)[C@](C)(C=O)CO2. The molecule has 2 saturated heterocycles. The molecule has 0 aromatic carbocycles. The van der Waals surface area contributed by atoms with Gasteiger partial charge >= 0.3 is 0 Å². The number of fused-ring (bicyclic) bond motifs is 2.